The van der Waals surface area contributed by atoms with Crippen molar-refractivity contribution < 1.29 is 14.1 Å². The van der Waals surface area contributed by atoms with Crippen molar-refractivity contribution in [2.24, 2.45) is 11.8 Å². The Kier molecular flexibility index (Phi) is 2.96. The van der Waals surface area contributed by atoms with Crippen molar-refractivity contribution in [3.05, 3.63) is 42.2 Å². The number of carbonyl (C=O) groups is 2. The first-order valence-corrected chi connectivity index (χ1v) is 7.31. The molecule has 2 fully saturated rings. The zero-order valence-electron chi connectivity index (χ0n) is 11.9. The maximum Gasteiger partial charge on any atom is 0.292 e. The molecule has 2 atom stereocenters. The predicted molar refractivity (Wildman–Crippen MR) is 77.8 cm³/mol. The summed E-state index contributed by atoms with van der Waals surface area (Å²) in [5.41, 5.74) is 1.55. The summed E-state index contributed by atoms with van der Waals surface area (Å²) in [6, 6.07) is 11.2. The van der Waals surface area contributed by atoms with Gasteiger partial charge in [0.1, 0.15) is 5.69 Å². The number of carbonyl (C=O) groups excluding carboxylic acids is 2. The van der Waals surface area contributed by atoms with Crippen LogP contribution in [0.25, 0.3) is 11.3 Å². The van der Waals surface area contributed by atoms with E-state index in [0.717, 1.165) is 5.56 Å². The lowest BCUT2D eigenvalue weighted by atomic mass is 10.0. The SMILES string of the molecule is O=C1NC[C@H]2CN(C(=O)c3cc(-c4ccccc4)no3)C[C@@H]12. The Balaban J connectivity index is 1.52. The van der Waals surface area contributed by atoms with Crippen LogP contribution in [-0.2, 0) is 4.79 Å². The second kappa shape index (κ2) is 4.98. The standard InChI is InChI=1S/C16H15N3O3/c20-15-12-9-19(8-11(12)7-17-15)16(21)14-6-13(18-22-14)10-4-2-1-3-5-10/h1-6,11-12H,7-9H2,(H,17,20)/t11-,12+/m0/s1. The van der Waals surface area contributed by atoms with Crippen molar-refractivity contribution in [2.75, 3.05) is 19.6 Å². The number of amides is 2. The van der Waals surface area contributed by atoms with E-state index >= 15 is 0 Å². The Morgan fingerprint density at radius 1 is 1.27 bits per heavy atom. The lowest BCUT2D eigenvalue weighted by Crippen LogP contribution is -2.33. The second-order valence-corrected chi connectivity index (χ2v) is 5.76. The largest absolute Gasteiger partial charge is 0.355 e. The number of likely N-dealkylation sites (tertiary alicyclic amines) is 1. The average Bonchev–Trinajstić information content (AvgIpc) is 3.25. The van der Waals surface area contributed by atoms with E-state index in [1.807, 2.05) is 30.3 Å². The first-order chi connectivity index (χ1) is 10.7. The summed E-state index contributed by atoms with van der Waals surface area (Å²) in [7, 11) is 0. The molecule has 6 heteroatoms. The molecule has 0 bridgehead atoms. The van der Waals surface area contributed by atoms with E-state index in [9.17, 15) is 9.59 Å². The summed E-state index contributed by atoms with van der Waals surface area (Å²) in [5, 5.41) is 6.80. The lowest BCUT2D eigenvalue weighted by Gasteiger charge is -2.14. The molecule has 0 radical (unpaired) electrons. The first-order valence-electron chi connectivity index (χ1n) is 7.31. The summed E-state index contributed by atoms with van der Waals surface area (Å²) in [4.78, 5) is 25.8. The van der Waals surface area contributed by atoms with Crippen LogP contribution in [0, 0.1) is 11.8 Å². The topological polar surface area (TPSA) is 75.4 Å². The zero-order valence-corrected chi connectivity index (χ0v) is 11.9. The third-order valence-corrected chi connectivity index (χ3v) is 4.39. The van der Waals surface area contributed by atoms with Gasteiger partial charge >= 0.3 is 0 Å². The molecule has 1 aromatic carbocycles. The van der Waals surface area contributed by atoms with Crippen LogP contribution in [0.15, 0.2) is 40.9 Å². The highest BCUT2D eigenvalue weighted by atomic mass is 16.5. The summed E-state index contributed by atoms with van der Waals surface area (Å²) in [6.07, 6.45) is 0. The van der Waals surface area contributed by atoms with Gasteiger partial charge in [-0.1, -0.05) is 35.5 Å². The van der Waals surface area contributed by atoms with Crippen molar-refractivity contribution in [3.63, 3.8) is 0 Å². The van der Waals surface area contributed by atoms with Gasteiger partial charge in [0.25, 0.3) is 5.91 Å². The van der Waals surface area contributed by atoms with Crippen LogP contribution in [-0.4, -0.2) is 41.5 Å². The van der Waals surface area contributed by atoms with E-state index in [2.05, 4.69) is 10.5 Å². The van der Waals surface area contributed by atoms with Gasteiger partial charge in [-0.15, -0.1) is 0 Å². The molecule has 1 aromatic heterocycles. The molecule has 2 aliphatic rings. The maximum atomic E-state index is 12.5. The lowest BCUT2D eigenvalue weighted by molar-refractivity contribution is -0.122. The van der Waals surface area contributed by atoms with Crippen LogP contribution in [0.2, 0.25) is 0 Å². The summed E-state index contributed by atoms with van der Waals surface area (Å²) in [6.45, 7) is 1.69. The molecule has 0 aliphatic carbocycles. The van der Waals surface area contributed by atoms with Gasteiger partial charge in [0.15, 0.2) is 0 Å². The molecule has 0 spiro atoms. The van der Waals surface area contributed by atoms with E-state index in [0.29, 0.717) is 25.3 Å². The molecule has 2 aromatic rings. The Labute approximate surface area is 127 Å². The zero-order chi connectivity index (χ0) is 15.1. The molecule has 22 heavy (non-hydrogen) atoms. The van der Waals surface area contributed by atoms with Crippen LogP contribution in [0.1, 0.15) is 10.6 Å². The summed E-state index contributed by atoms with van der Waals surface area (Å²) in [5.74, 6) is 0.201. The highest BCUT2D eigenvalue weighted by Crippen LogP contribution is 2.29. The normalized spacial score (nSPS) is 23.5. The van der Waals surface area contributed by atoms with Gasteiger partial charge in [-0.05, 0) is 0 Å². The highest BCUT2D eigenvalue weighted by molar-refractivity contribution is 5.93. The maximum absolute atomic E-state index is 12.5. The third kappa shape index (κ3) is 2.07. The van der Waals surface area contributed by atoms with Gasteiger partial charge in [-0.25, -0.2) is 0 Å². The number of hydrogen-bond acceptors (Lipinski definition) is 4. The minimum atomic E-state index is -0.197. The molecule has 0 unspecified atom stereocenters. The Hall–Kier alpha value is -2.63. The molecular formula is C16H15N3O3. The fraction of sp³-hybridized carbons (Fsp3) is 0.312. The molecular weight excluding hydrogens is 282 g/mol. The summed E-state index contributed by atoms with van der Waals surface area (Å²) < 4.78 is 5.20. The molecule has 3 heterocycles. The Morgan fingerprint density at radius 2 is 2.09 bits per heavy atom. The van der Waals surface area contributed by atoms with Gasteiger partial charge in [0.05, 0.1) is 5.92 Å². The molecule has 2 aliphatic heterocycles. The van der Waals surface area contributed by atoms with Gasteiger partial charge in [0.2, 0.25) is 11.7 Å². The number of hydrogen-bond donors (Lipinski definition) is 1. The smallest absolute Gasteiger partial charge is 0.292 e. The van der Waals surface area contributed by atoms with Crippen molar-refractivity contribution in [1.29, 1.82) is 0 Å². The van der Waals surface area contributed by atoms with Gasteiger partial charge < -0.3 is 14.7 Å². The molecule has 6 nitrogen and oxygen atoms in total. The number of rotatable bonds is 2. The number of nitrogens with one attached hydrogen (secondary N) is 1. The Bertz CT molecular complexity index is 725. The number of benzene rings is 1. The fourth-order valence-electron chi connectivity index (χ4n) is 3.18. The molecule has 112 valence electrons. The van der Waals surface area contributed by atoms with Crippen molar-refractivity contribution >= 4 is 11.8 Å². The van der Waals surface area contributed by atoms with Crippen LogP contribution in [0.4, 0.5) is 0 Å². The van der Waals surface area contributed by atoms with E-state index in [1.165, 1.54) is 0 Å². The van der Waals surface area contributed by atoms with Gasteiger partial charge in [0, 0.05) is 37.2 Å². The number of aromatic nitrogens is 1. The molecule has 2 amide bonds. The van der Waals surface area contributed by atoms with Crippen LogP contribution in [0.5, 0.6) is 0 Å². The molecule has 0 saturated carbocycles. The van der Waals surface area contributed by atoms with Crippen LogP contribution >= 0.6 is 0 Å². The molecule has 1 N–H and O–H groups in total. The van der Waals surface area contributed by atoms with Crippen molar-refractivity contribution in [2.45, 2.75) is 0 Å². The van der Waals surface area contributed by atoms with E-state index < -0.39 is 0 Å². The minimum Gasteiger partial charge on any atom is -0.355 e. The average molecular weight is 297 g/mol. The molecule has 2 saturated heterocycles. The minimum absolute atomic E-state index is 0.0443. The van der Waals surface area contributed by atoms with E-state index in [4.69, 9.17) is 4.52 Å². The monoisotopic (exact) mass is 297 g/mol. The predicted octanol–water partition coefficient (Wildman–Crippen LogP) is 1.16. The Morgan fingerprint density at radius 3 is 2.86 bits per heavy atom. The molecule has 4 rings (SSSR count). The van der Waals surface area contributed by atoms with Gasteiger partial charge in [-0.2, -0.15) is 0 Å². The van der Waals surface area contributed by atoms with Gasteiger partial charge in [-0.3, -0.25) is 9.59 Å². The quantitative estimate of drug-likeness (QED) is 0.902. The van der Waals surface area contributed by atoms with E-state index in [1.54, 1.807) is 11.0 Å². The summed E-state index contributed by atoms with van der Waals surface area (Å²) >= 11 is 0. The number of nitrogens with zero attached hydrogens (tertiary/aromatic N) is 2. The number of fused-ring (bicyclic) bond motifs is 1. The van der Waals surface area contributed by atoms with Crippen LogP contribution < -0.4 is 5.32 Å². The second-order valence-electron chi connectivity index (χ2n) is 5.76. The third-order valence-electron chi connectivity index (χ3n) is 4.39. The van der Waals surface area contributed by atoms with Crippen LogP contribution in [0.3, 0.4) is 0 Å². The van der Waals surface area contributed by atoms with E-state index in [-0.39, 0.29) is 29.4 Å². The van der Waals surface area contributed by atoms with Crippen molar-refractivity contribution in [3.8, 4) is 11.3 Å². The van der Waals surface area contributed by atoms with Crippen molar-refractivity contribution in [1.82, 2.24) is 15.4 Å². The first kappa shape index (κ1) is 13.1. The highest BCUT2D eigenvalue weighted by Gasteiger charge is 2.44. The fourth-order valence-corrected chi connectivity index (χ4v) is 3.18.